The van der Waals surface area contributed by atoms with Crippen molar-refractivity contribution >= 4 is 0 Å². The summed E-state index contributed by atoms with van der Waals surface area (Å²) in [7, 11) is 0. The molecule has 0 aromatic carbocycles. The molecule has 3 heteroatoms. The van der Waals surface area contributed by atoms with Crippen molar-refractivity contribution in [2.24, 2.45) is 0 Å². The van der Waals surface area contributed by atoms with Gasteiger partial charge >= 0.3 is 0 Å². The van der Waals surface area contributed by atoms with E-state index in [1.165, 1.54) is 0 Å². The monoisotopic (exact) mass is 237 g/mol. The number of hydrogen-bond donors (Lipinski definition) is 0. The SMILES string of the molecule is CCC(C)OCc1ccc(OC(C)CC)nc1. The molecule has 0 saturated carbocycles. The third-order valence-corrected chi connectivity index (χ3v) is 2.80. The summed E-state index contributed by atoms with van der Waals surface area (Å²) in [6, 6.07) is 3.91. The zero-order valence-electron chi connectivity index (χ0n) is 11.3. The molecule has 0 aliphatic carbocycles. The lowest BCUT2D eigenvalue weighted by Gasteiger charge is -2.12. The van der Waals surface area contributed by atoms with Gasteiger partial charge in [0.1, 0.15) is 0 Å². The zero-order valence-corrected chi connectivity index (χ0v) is 11.3. The number of hydrogen-bond acceptors (Lipinski definition) is 3. The van der Waals surface area contributed by atoms with Crippen LogP contribution in [-0.2, 0) is 11.3 Å². The van der Waals surface area contributed by atoms with Gasteiger partial charge in [-0.1, -0.05) is 13.8 Å². The molecule has 0 saturated heterocycles. The van der Waals surface area contributed by atoms with Gasteiger partial charge in [0.15, 0.2) is 0 Å². The van der Waals surface area contributed by atoms with Crippen molar-refractivity contribution in [3.8, 4) is 5.88 Å². The molecule has 1 aromatic rings. The summed E-state index contributed by atoms with van der Waals surface area (Å²) in [5.74, 6) is 0.687. The Hall–Kier alpha value is -1.09. The fourth-order valence-corrected chi connectivity index (χ4v) is 1.21. The molecule has 0 amide bonds. The molecule has 0 radical (unpaired) electrons. The minimum absolute atomic E-state index is 0.213. The minimum Gasteiger partial charge on any atom is -0.475 e. The zero-order chi connectivity index (χ0) is 12.7. The number of rotatable bonds is 7. The highest BCUT2D eigenvalue weighted by Gasteiger charge is 2.03. The molecule has 1 aromatic heterocycles. The predicted molar refractivity (Wildman–Crippen MR) is 69.2 cm³/mol. The summed E-state index contributed by atoms with van der Waals surface area (Å²) >= 11 is 0. The van der Waals surface area contributed by atoms with Crippen LogP contribution in [0.1, 0.15) is 46.1 Å². The summed E-state index contributed by atoms with van der Waals surface area (Å²) < 4.78 is 11.3. The van der Waals surface area contributed by atoms with E-state index in [0.717, 1.165) is 18.4 Å². The third-order valence-electron chi connectivity index (χ3n) is 2.80. The van der Waals surface area contributed by atoms with E-state index >= 15 is 0 Å². The van der Waals surface area contributed by atoms with Crippen LogP contribution in [0.25, 0.3) is 0 Å². The van der Waals surface area contributed by atoms with Crippen molar-refractivity contribution in [1.29, 1.82) is 0 Å². The summed E-state index contributed by atoms with van der Waals surface area (Å²) in [6.45, 7) is 8.95. The Morgan fingerprint density at radius 3 is 2.35 bits per heavy atom. The summed E-state index contributed by atoms with van der Waals surface area (Å²) in [6.07, 6.45) is 4.35. The first-order valence-electron chi connectivity index (χ1n) is 6.38. The lowest BCUT2D eigenvalue weighted by atomic mass is 10.3. The first-order chi connectivity index (χ1) is 8.15. The molecular weight excluding hydrogens is 214 g/mol. The van der Waals surface area contributed by atoms with Crippen LogP contribution in [0.15, 0.2) is 18.3 Å². The van der Waals surface area contributed by atoms with Gasteiger partial charge in [-0.05, 0) is 38.3 Å². The molecule has 2 unspecified atom stereocenters. The first-order valence-corrected chi connectivity index (χ1v) is 6.38. The molecule has 0 aliphatic heterocycles. The smallest absolute Gasteiger partial charge is 0.213 e. The van der Waals surface area contributed by atoms with Crippen LogP contribution in [0.4, 0.5) is 0 Å². The predicted octanol–water partition coefficient (Wildman–Crippen LogP) is 3.57. The average Bonchev–Trinajstić information content (AvgIpc) is 2.37. The molecule has 0 N–H and O–H groups in total. The quantitative estimate of drug-likeness (QED) is 0.726. The molecular formula is C14H23NO2. The number of ether oxygens (including phenoxy) is 2. The van der Waals surface area contributed by atoms with Crippen LogP contribution in [0.2, 0.25) is 0 Å². The Balaban J connectivity index is 2.44. The maximum Gasteiger partial charge on any atom is 0.213 e. The normalized spacial score (nSPS) is 14.4. The highest BCUT2D eigenvalue weighted by atomic mass is 16.5. The van der Waals surface area contributed by atoms with Gasteiger partial charge in [-0.2, -0.15) is 0 Å². The van der Waals surface area contributed by atoms with Crippen molar-refractivity contribution in [3.63, 3.8) is 0 Å². The minimum atomic E-state index is 0.213. The van der Waals surface area contributed by atoms with Crippen LogP contribution >= 0.6 is 0 Å². The van der Waals surface area contributed by atoms with Gasteiger partial charge in [-0.15, -0.1) is 0 Å². The Kier molecular flexibility index (Phi) is 5.98. The van der Waals surface area contributed by atoms with Crippen molar-refractivity contribution in [1.82, 2.24) is 4.98 Å². The topological polar surface area (TPSA) is 31.4 Å². The van der Waals surface area contributed by atoms with Gasteiger partial charge in [-0.25, -0.2) is 4.98 Å². The van der Waals surface area contributed by atoms with E-state index in [1.807, 2.05) is 25.3 Å². The van der Waals surface area contributed by atoms with E-state index in [2.05, 4.69) is 25.8 Å². The van der Waals surface area contributed by atoms with Crippen molar-refractivity contribution in [3.05, 3.63) is 23.9 Å². The van der Waals surface area contributed by atoms with Crippen LogP contribution in [0, 0.1) is 0 Å². The maximum atomic E-state index is 5.64. The van der Waals surface area contributed by atoms with Gasteiger partial charge in [0.05, 0.1) is 18.8 Å². The molecule has 0 aliphatic rings. The lowest BCUT2D eigenvalue weighted by molar-refractivity contribution is 0.0506. The highest BCUT2D eigenvalue weighted by molar-refractivity contribution is 5.17. The first kappa shape index (κ1) is 14.0. The van der Waals surface area contributed by atoms with Gasteiger partial charge in [-0.3, -0.25) is 0 Å². The second kappa shape index (κ2) is 7.28. The van der Waals surface area contributed by atoms with Gasteiger partial charge in [0.2, 0.25) is 5.88 Å². The fourth-order valence-electron chi connectivity index (χ4n) is 1.21. The molecule has 17 heavy (non-hydrogen) atoms. The fraction of sp³-hybridized carbons (Fsp3) is 0.643. The van der Waals surface area contributed by atoms with Crippen LogP contribution < -0.4 is 4.74 Å². The maximum absolute atomic E-state index is 5.64. The van der Waals surface area contributed by atoms with E-state index in [1.54, 1.807) is 0 Å². The Morgan fingerprint density at radius 1 is 1.12 bits per heavy atom. The Labute approximate surface area is 104 Å². The number of nitrogens with zero attached hydrogens (tertiary/aromatic N) is 1. The second-order valence-corrected chi connectivity index (χ2v) is 4.37. The lowest BCUT2D eigenvalue weighted by Crippen LogP contribution is -2.11. The third kappa shape index (κ3) is 5.18. The van der Waals surface area contributed by atoms with E-state index in [0.29, 0.717) is 18.6 Å². The van der Waals surface area contributed by atoms with E-state index < -0.39 is 0 Å². The largest absolute Gasteiger partial charge is 0.475 e. The van der Waals surface area contributed by atoms with Gasteiger partial charge < -0.3 is 9.47 Å². The van der Waals surface area contributed by atoms with E-state index in [4.69, 9.17) is 9.47 Å². The summed E-state index contributed by atoms with van der Waals surface area (Å²) in [5, 5.41) is 0. The van der Waals surface area contributed by atoms with Gasteiger partial charge in [0, 0.05) is 12.3 Å². The molecule has 0 fully saturated rings. The Bertz CT molecular complexity index is 311. The Morgan fingerprint density at radius 2 is 1.82 bits per heavy atom. The van der Waals surface area contributed by atoms with Crippen molar-refractivity contribution in [2.75, 3.05) is 0 Å². The molecule has 2 atom stereocenters. The highest BCUT2D eigenvalue weighted by Crippen LogP contribution is 2.12. The molecule has 1 heterocycles. The van der Waals surface area contributed by atoms with Gasteiger partial charge in [0.25, 0.3) is 0 Å². The summed E-state index contributed by atoms with van der Waals surface area (Å²) in [5.41, 5.74) is 1.09. The van der Waals surface area contributed by atoms with E-state index in [-0.39, 0.29) is 6.10 Å². The van der Waals surface area contributed by atoms with Crippen molar-refractivity contribution in [2.45, 2.75) is 59.4 Å². The second-order valence-electron chi connectivity index (χ2n) is 4.37. The van der Waals surface area contributed by atoms with E-state index in [9.17, 15) is 0 Å². The van der Waals surface area contributed by atoms with Crippen LogP contribution in [0.3, 0.4) is 0 Å². The number of aromatic nitrogens is 1. The molecule has 3 nitrogen and oxygen atoms in total. The molecule has 0 spiro atoms. The summed E-state index contributed by atoms with van der Waals surface area (Å²) in [4.78, 5) is 4.27. The van der Waals surface area contributed by atoms with Crippen LogP contribution in [0.5, 0.6) is 5.88 Å². The van der Waals surface area contributed by atoms with Crippen molar-refractivity contribution < 1.29 is 9.47 Å². The number of pyridine rings is 1. The average molecular weight is 237 g/mol. The molecule has 1 rings (SSSR count). The standard InChI is InChI=1S/C14H23NO2/c1-5-11(3)16-10-13-7-8-14(15-9-13)17-12(4)6-2/h7-9,11-12H,5-6,10H2,1-4H3. The molecule has 0 bridgehead atoms. The van der Waals surface area contributed by atoms with Crippen LogP contribution in [-0.4, -0.2) is 17.2 Å². The molecule has 96 valence electrons.